The van der Waals surface area contributed by atoms with Crippen LogP contribution in [0.3, 0.4) is 0 Å². The molecular weight excluding hydrogens is 1870 g/mol. The molecule has 8 bridgehead atoms. The smallest absolute Gasteiger partial charge is 0.373 e. The van der Waals surface area contributed by atoms with Crippen molar-refractivity contribution >= 4 is 206 Å². The fraction of sp³-hybridized carbons (Fsp3) is 0.214. The van der Waals surface area contributed by atoms with Crippen molar-refractivity contribution in [1.29, 1.82) is 0 Å². The van der Waals surface area contributed by atoms with Crippen molar-refractivity contribution in [2.24, 2.45) is 39.9 Å². The Hall–Kier alpha value is -11.8. The summed E-state index contributed by atoms with van der Waals surface area (Å²) in [5.41, 5.74) is 7.76. The SMILES string of the molecule is C(=NCCC[Si]12O[Si]3(CCCN=Cc4ccc5ccccc5c4)O[Si]4(CCCN=Cc5ccc6ccccc6c5)O[Si](CCCN=Cc5ccc6ccccc6c5)(O1)O[Si]1(CCCN=Cc5ccc6ccccc6c5)O[Si](CCCN=Cc5ccc6ccccc6c5)(O2)O[Si](CCCN=Cc2ccc5ccccc5c2)(O3)O[Si](CCCN=Cc2ccc3ccccc3c2)(O4)O1)c1ccc2ccccc2c1. The van der Waals surface area contributed by atoms with Gasteiger partial charge in [-0.2, -0.15) is 0 Å². The van der Waals surface area contributed by atoms with Crippen LogP contribution in [-0.4, -0.2) is 173 Å². The summed E-state index contributed by atoms with van der Waals surface area (Å²) in [6.07, 6.45) is 18.9. The zero-order valence-corrected chi connectivity index (χ0v) is 86.4. The first-order valence-corrected chi connectivity index (χ1v) is 64.6. The number of aliphatic imine (C=N–C) groups is 8. The minimum absolute atomic E-state index is 0.182. The van der Waals surface area contributed by atoms with Crippen LogP contribution in [0.15, 0.2) is 380 Å². The van der Waals surface area contributed by atoms with Gasteiger partial charge in [-0.25, -0.2) is 0 Å². The highest BCUT2D eigenvalue weighted by atomic mass is 28.6. The molecule has 0 N–H and O–H groups in total. The molecule has 0 saturated carbocycles. The summed E-state index contributed by atoms with van der Waals surface area (Å²) < 4.78 is 104. The van der Waals surface area contributed by atoms with Gasteiger partial charge in [0.1, 0.15) is 0 Å². The molecular formula is C112H112N8O12Si8. The minimum atomic E-state index is -4.70. The summed E-state index contributed by atoms with van der Waals surface area (Å²) in [7, 11) is -37.6. The van der Waals surface area contributed by atoms with Gasteiger partial charge in [0.05, 0.1) is 0 Å². The van der Waals surface area contributed by atoms with Crippen molar-refractivity contribution < 1.29 is 49.4 Å². The molecule has 0 aromatic heterocycles. The Morgan fingerprint density at radius 2 is 0.243 bits per heavy atom. The van der Waals surface area contributed by atoms with E-state index < -0.39 is 70.4 Å². The lowest BCUT2D eigenvalue weighted by molar-refractivity contribution is -0.0310. The molecule has 0 spiro atoms. The number of nitrogens with zero attached hydrogens (tertiary/aromatic N) is 8. The lowest BCUT2D eigenvalue weighted by Crippen LogP contribution is -2.88. The van der Waals surface area contributed by atoms with Crippen LogP contribution in [0.1, 0.15) is 95.9 Å². The Morgan fingerprint density at radius 1 is 0.136 bits per heavy atom. The van der Waals surface area contributed by atoms with Crippen LogP contribution in [0.2, 0.25) is 48.4 Å². The Labute approximate surface area is 825 Å². The third kappa shape index (κ3) is 23.2. The highest BCUT2D eigenvalue weighted by Gasteiger charge is 2.83. The van der Waals surface area contributed by atoms with Gasteiger partial charge in [0.2, 0.25) is 0 Å². The molecule has 6 saturated heterocycles. The first-order chi connectivity index (χ1) is 68.8. The Balaban J connectivity index is 0.733. The molecule has 28 heteroatoms. The molecule has 6 aliphatic heterocycles. The van der Waals surface area contributed by atoms with E-state index in [2.05, 4.69) is 340 Å². The second kappa shape index (κ2) is 43.3. The summed E-state index contributed by atoms with van der Waals surface area (Å²) in [5, 5.41) is 18.1. The van der Waals surface area contributed by atoms with Gasteiger partial charge in [0, 0.05) is 150 Å². The van der Waals surface area contributed by atoms with E-state index in [4.69, 9.17) is 89.3 Å². The zero-order valence-electron chi connectivity index (χ0n) is 78.4. The Morgan fingerprint density at radius 3 is 0.357 bits per heavy atom. The zero-order chi connectivity index (χ0) is 94.2. The lowest BCUT2D eigenvalue weighted by atomic mass is 10.1. The molecule has 6 aliphatic rings. The first kappa shape index (κ1) is 94.5. The second-order valence-electron chi connectivity index (χ2n) is 36.7. The maximum atomic E-state index is 8.65. The second-order valence-corrected chi connectivity index (χ2v) is 61.4. The standard InChI is InChI=1S/C112H112N8O12Si8/c1-9-33-105-73-89(41-49-97(105)25-1)81-113-57-17-65-133-121-134(66-18-58-114-82-90-42-50-98-26-2-10-34-106(98)74-90)124-137(69-21-61-117-85-93-45-53-101-29-5-13-37-109(101)77-93)126-135(122-133,67-19-59-115-83-91-43-51-99-27-3-11-35-107(99)75-91)128-139(71-23-63-119-87-95-47-55-103-31-7-15-39-111(103)79-95)129-136(123-133,68-20-60-116-84-92-44-52-100-28-4-12-36-108(100)76-92)127-138(125-134,70-22-62-118-86-94-46-54-102-30-6-14-38-110(102)78-94)131-140(130-137,132-139)72-24-64-120-88-96-48-56-104-32-8-16-40-112(104)80-96/h1-16,25-56,73-88H,17-24,57-72H2. The number of hydrogen-bond acceptors (Lipinski definition) is 20. The van der Waals surface area contributed by atoms with Crippen molar-refractivity contribution in [2.75, 3.05) is 52.4 Å². The van der Waals surface area contributed by atoms with Gasteiger partial charge in [0.15, 0.2) is 0 Å². The molecule has 0 atom stereocenters. The predicted octanol–water partition coefficient (Wildman–Crippen LogP) is 25.1. The molecule has 16 aromatic rings. The van der Waals surface area contributed by atoms with E-state index in [9.17, 15) is 0 Å². The van der Waals surface area contributed by atoms with Gasteiger partial charge >= 0.3 is 70.4 Å². The van der Waals surface area contributed by atoms with Gasteiger partial charge in [-0.3, -0.25) is 39.9 Å². The quantitative estimate of drug-likeness (QED) is 0.0199. The highest BCUT2D eigenvalue weighted by Crippen LogP contribution is 2.55. The lowest BCUT2D eigenvalue weighted by Gasteiger charge is -2.63. The van der Waals surface area contributed by atoms with E-state index >= 15 is 0 Å². The minimum Gasteiger partial charge on any atom is -0.373 e. The predicted molar refractivity (Wildman–Crippen MR) is 586 cm³/mol. The van der Waals surface area contributed by atoms with E-state index in [1.54, 1.807) is 0 Å². The van der Waals surface area contributed by atoms with Crippen LogP contribution in [0.25, 0.3) is 86.2 Å². The molecule has 6 fully saturated rings. The van der Waals surface area contributed by atoms with E-state index in [0.29, 0.717) is 104 Å². The van der Waals surface area contributed by atoms with Crippen molar-refractivity contribution in [1.82, 2.24) is 0 Å². The number of benzene rings is 16. The van der Waals surface area contributed by atoms with Crippen molar-refractivity contribution in [2.45, 2.75) is 99.7 Å². The third-order valence-corrected chi connectivity index (χ3v) is 63.6. The summed E-state index contributed by atoms with van der Waals surface area (Å²) in [6.45, 7) is 2.79. The van der Waals surface area contributed by atoms with Gasteiger partial charge in [-0.15, -0.1) is 0 Å². The highest BCUT2D eigenvalue weighted by molar-refractivity contribution is 7.03. The van der Waals surface area contributed by atoms with Gasteiger partial charge in [-0.1, -0.05) is 291 Å². The van der Waals surface area contributed by atoms with Crippen LogP contribution in [-0.2, 0) is 49.4 Å². The summed E-state index contributed by atoms with van der Waals surface area (Å²) >= 11 is 0. The topological polar surface area (TPSA) is 210 Å². The molecule has 140 heavy (non-hydrogen) atoms. The largest absolute Gasteiger partial charge is 0.478 e. The number of rotatable bonds is 40. The van der Waals surface area contributed by atoms with E-state index in [1.807, 2.05) is 49.7 Å². The van der Waals surface area contributed by atoms with E-state index in [0.717, 1.165) is 131 Å². The van der Waals surface area contributed by atoms with E-state index in [-0.39, 0.29) is 48.4 Å². The van der Waals surface area contributed by atoms with Gasteiger partial charge in [-0.05, 0) is 231 Å². The van der Waals surface area contributed by atoms with Crippen molar-refractivity contribution in [3.05, 3.63) is 384 Å². The van der Waals surface area contributed by atoms with Crippen LogP contribution < -0.4 is 0 Å². The van der Waals surface area contributed by atoms with Crippen LogP contribution in [0, 0.1) is 0 Å². The van der Waals surface area contributed by atoms with Crippen LogP contribution in [0.5, 0.6) is 0 Å². The fourth-order valence-electron chi connectivity index (χ4n) is 19.3. The maximum Gasteiger partial charge on any atom is 0.478 e. The number of hydrogen-bond donors (Lipinski definition) is 0. The molecule has 20 nitrogen and oxygen atoms in total. The molecule has 0 radical (unpaired) electrons. The third-order valence-electron chi connectivity index (χ3n) is 26.0. The molecule has 0 aliphatic carbocycles. The summed E-state index contributed by atoms with van der Waals surface area (Å²) in [6, 6.07) is 120. The molecule has 16 aromatic carbocycles. The molecule has 0 unspecified atom stereocenters. The molecule has 22 rings (SSSR count). The molecule has 0 amide bonds. The van der Waals surface area contributed by atoms with Gasteiger partial charge in [0.25, 0.3) is 0 Å². The Bertz CT molecular complexity index is 6050. The maximum absolute atomic E-state index is 8.65. The normalized spacial score (nSPS) is 23.2. The van der Waals surface area contributed by atoms with Crippen LogP contribution in [0.4, 0.5) is 0 Å². The average Bonchev–Trinajstić information content (AvgIpc) is 0.683. The van der Waals surface area contributed by atoms with Crippen LogP contribution >= 0.6 is 0 Å². The first-order valence-electron chi connectivity index (χ1n) is 49.2. The average molecular weight is 1990 g/mol. The van der Waals surface area contributed by atoms with Gasteiger partial charge < -0.3 is 49.4 Å². The fourth-order valence-corrected chi connectivity index (χ4v) is 69.6. The Kier molecular flexibility index (Phi) is 29.2. The molecule has 704 valence electrons. The summed E-state index contributed by atoms with van der Waals surface area (Å²) in [5.74, 6) is 0. The monoisotopic (exact) mass is 1980 g/mol. The van der Waals surface area contributed by atoms with Crippen molar-refractivity contribution in [3.63, 3.8) is 0 Å². The van der Waals surface area contributed by atoms with E-state index in [1.165, 1.54) is 0 Å². The molecule has 6 heterocycles. The van der Waals surface area contributed by atoms with Crippen molar-refractivity contribution in [3.8, 4) is 0 Å². The summed E-state index contributed by atoms with van der Waals surface area (Å²) in [4.78, 5) is 41.9. The number of fused-ring (bicyclic) bond motifs is 8.